The third kappa shape index (κ3) is 4.14. The Morgan fingerprint density at radius 3 is 2.56 bits per heavy atom. The summed E-state index contributed by atoms with van der Waals surface area (Å²) < 4.78 is 11.2. The Kier molecular flexibility index (Phi) is 5.18. The summed E-state index contributed by atoms with van der Waals surface area (Å²) in [4.78, 5) is 8.37. The molecule has 0 saturated carbocycles. The quantitative estimate of drug-likeness (QED) is 0.781. The van der Waals surface area contributed by atoms with Crippen LogP contribution in [0, 0.1) is 0 Å². The van der Waals surface area contributed by atoms with Crippen LogP contribution in [0.2, 0.25) is 0 Å². The van der Waals surface area contributed by atoms with E-state index in [1.807, 2.05) is 13.8 Å². The van der Waals surface area contributed by atoms with E-state index >= 15 is 0 Å². The van der Waals surface area contributed by atoms with Gasteiger partial charge in [0.2, 0.25) is 0 Å². The molecule has 0 aromatic carbocycles. The van der Waals surface area contributed by atoms with E-state index in [-0.39, 0.29) is 5.25 Å². The van der Waals surface area contributed by atoms with Crippen molar-refractivity contribution in [3.05, 3.63) is 12.4 Å². The molecule has 1 heterocycles. The van der Waals surface area contributed by atoms with Gasteiger partial charge in [0.15, 0.2) is 0 Å². The first-order valence-electron chi connectivity index (χ1n) is 5.25. The maximum absolute atomic E-state index is 11.2. The fraction of sp³-hybridized carbons (Fsp3) is 0.600. The standard InChI is InChI=1S/C10H18N4OS/c1-4-12-9-6-11-7-10(14-9)13-5-8(2)16(3)15/h6-8H,4-5H2,1-3H3,(H2,12,13,14). The van der Waals surface area contributed by atoms with Crippen LogP contribution < -0.4 is 10.6 Å². The molecular formula is C10H18N4OS. The molecule has 2 N–H and O–H groups in total. The van der Waals surface area contributed by atoms with Gasteiger partial charge in [-0.25, -0.2) is 4.98 Å². The van der Waals surface area contributed by atoms with E-state index in [9.17, 15) is 4.21 Å². The highest BCUT2D eigenvalue weighted by molar-refractivity contribution is 7.84. The van der Waals surface area contributed by atoms with Crippen LogP contribution >= 0.6 is 0 Å². The lowest BCUT2D eigenvalue weighted by Gasteiger charge is -2.11. The summed E-state index contributed by atoms with van der Waals surface area (Å²) in [6, 6.07) is 0. The van der Waals surface area contributed by atoms with Crippen LogP contribution in [-0.4, -0.2) is 38.8 Å². The zero-order valence-electron chi connectivity index (χ0n) is 9.86. The molecule has 0 saturated heterocycles. The summed E-state index contributed by atoms with van der Waals surface area (Å²) >= 11 is 0. The molecule has 1 aromatic heterocycles. The Morgan fingerprint density at radius 2 is 2.00 bits per heavy atom. The topological polar surface area (TPSA) is 66.9 Å². The molecule has 0 aliphatic rings. The number of hydrogen-bond donors (Lipinski definition) is 2. The summed E-state index contributed by atoms with van der Waals surface area (Å²) in [6.07, 6.45) is 5.04. The first-order chi connectivity index (χ1) is 7.63. The molecule has 0 bridgehead atoms. The zero-order chi connectivity index (χ0) is 12.0. The molecule has 0 radical (unpaired) electrons. The molecule has 16 heavy (non-hydrogen) atoms. The van der Waals surface area contributed by atoms with Gasteiger partial charge >= 0.3 is 0 Å². The lowest BCUT2D eigenvalue weighted by Crippen LogP contribution is -2.21. The number of nitrogens with one attached hydrogen (secondary N) is 2. The Balaban J connectivity index is 2.53. The molecule has 6 heteroatoms. The molecule has 0 spiro atoms. The van der Waals surface area contributed by atoms with E-state index in [2.05, 4.69) is 20.6 Å². The van der Waals surface area contributed by atoms with Crippen molar-refractivity contribution in [1.29, 1.82) is 0 Å². The summed E-state index contributed by atoms with van der Waals surface area (Å²) in [5.41, 5.74) is 0. The number of rotatable bonds is 6. The Hall–Kier alpha value is -1.17. The lowest BCUT2D eigenvalue weighted by atomic mass is 10.4. The SMILES string of the molecule is CCNc1cncc(NCC(C)S(C)=O)n1. The highest BCUT2D eigenvalue weighted by Gasteiger charge is 2.06. The minimum absolute atomic E-state index is 0.101. The highest BCUT2D eigenvalue weighted by Crippen LogP contribution is 2.06. The van der Waals surface area contributed by atoms with Gasteiger partial charge in [-0.2, -0.15) is 0 Å². The number of anilines is 2. The third-order valence-corrected chi connectivity index (χ3v) is 3.43. The minimum atomic E-state index is -0.819. The van der Waals surface area contributed by atoms with E-state index < -0.39 is 10.8 Å². The summed E-state index contributed by atoms with van der Waals surface area (Å²) in [7, 11) is -0.819. The van der Waals surface area contributed by atoms with Crippen molar-refractivity contribution in [3.8, 4) is 0 Å². The molecule has 5 nitrogen and oxygen atoms in total. The molecule has 1 aromatic rings. The third-order valence-electron chi connectivity index (χ3n) is 2.13. The summed E-state index contributed by atoms with van der Waals surface area (Å²) in [5, 5.41) is 6.30. The van der Waals surface area contributed by atoms with Crippen molar-refractivity contribution in [3.63, 3.8) is 0 Å². The maximum atomic E-state index is 11.2. The Morgan fingerprint density at radius 1 is 1.38 bits per heavy atom. The first-order valence-corrected chi connectivity index (χ1v) is 6.87. The summed E-state index contributed by atoms with van der Waals surface area (Å²) in [6.45, 7) is 5.38. The molecule has 0 amide bonds. The molecule has 0 fully saturated rings. The smallest absolute Gasteiger partial charge is 0.147 e. The normalized spacial score (nSPS) is 14.2. The van der Waals surface area contributed by atoms with Crippen LogP contribution in [0.1, 0.15) is 13.8 Å². The maximum Gasteiger partial charge on any atom is 0.147 e. The van der Waals surface area contributed by atoms with E-state index in [0.29, 0.717) is 12.4 Å². The van der Waals surface area contributed by atoms with Crippen molar-refractivity contribution in [2.45, 2.75) is 19.1 Å². The molecule has 2 unspecified atom stereocenters. The van der Waals surface area contributed by atoms with Gasteiger partial charge in [0.05, 0.1) is 12.4 Å². The van der Waals surface area contributed by atoms with Crippen molar-refractivity contribution < 1.29 is 4.21 Å². The van der Waals surface area contributed by atoms with Gasteiger partial charge in [-0.05, 0) is 13.8 Å². The average Bonchev–Trinajstić information content (AvgIpc) is 2.26. The number of hydrogen-bond acceptors (Lipinski definition) is 5. The predicted molar refractivity (Wildman–Crippen MR) is 68.2 cm³/mol. The van der Waals surface area contributed by atoms with Gasteiger partial charge < -0.3 is 10.6 Å². The Labute approximate surface area is 98.5 Å². The fourth-order valence-corrected chi connectivity index (χ4v) is 1.40. The van der Waals surface area contributed by atoms with Gasteiger partial charge in [-0.3, -0.25) is 9.19 Å². The second-order valence-electron chi connectivity index (χ2n) is 3.51. The van der Waals surface area contributed by atoms with Crippen molar-refractivity contribution in [1.82, 2.24) is 9.97 Å². The molecule has 90 valence electrons. The minimum Gasteiger partial charge on any atom is -0.369 e. The van der Waals surface area contributed by atoms with Crippen molar-refractivity contribution in [2.75, 3.05) is 30.0 Å². The van der Waals surface area contributed by atoms with Crippen LogP contribution in [0.3, 0.4) is 0 Å². The Bertz CT molecular complexity index is 358. The zero-order valence-corrected chi connectivity index (χ0v) is 10.7. The van der Waals surface area contributed by atoms with Crippen LogP contribution in [0.5, 0.6) is 0 Å². The van der Waals surface area contributed by atoms with E-state index in [1.54, 1.807) is 18.6 Å². The van der Waals surface area contributed by atoms with Crippen LogP contribution in [-0.2, 0) is 10.8 Å². The molecular weight excluding hydrogens is 224 g/mol. The fourth-order valence-electron chi connectivity index (χ4n) is 1.08. The van der Waals surface area contributed by atoms with E-state index in [0.717, 1.165) is 12.4 Å². The number of nitrogens with zero attached hydrogens (tertiary/aromatic N) is 2. The van der Waals surface area contributed by atoms with Gasteiger partial charge in [0, 0.05) is 35.4 Å². The van der Waals surface area contributed by atoms with Crippen LogP contribution in [0.15, 0.2) is 12.4 Å². The largest absolute Gasteiger partial charge is 0.369 e. The van der Waals surface area contributed by atoms with E-state index in [4.69, 9.17) is 0 Å². The summed E-state index contributed by atoms with van der Waals surface area (Å²) in [5.74, 6) is 1.45. The van der Waals surface area contributed by atoms with Gasteiger partial charge in [-0.1, -0.05) is 0 Å². The van der Waals surface area contributed by atoms with E-state index in [1.165, 1.54) is 0 Å². The van der Waals surface area contributed by atoms with Crippen molar-refractivity contribution >= 4 is 22.4 Å². The average molecular weight is 242 g/mol. The van der Waals surface area contributed by atoms with Gasteiger partial charge in [0.25, 0.3) is 0 Å². The van der Waals surface area contributed by atoms with Crippen molar-refractivity contribution in [2.24, 2.45) is 0 Å². The molecule has 0 aliphatic carbocycles. The monoisotopic (exact) mass is 242 g/mol. The second kappa shape index (κ2) is 6.42. The van der Waals surface area contributed by atoms with Gasteiger partial charge in [-0.15, -0.1) is 0 Å². The van der Waals surface area contributed by atoms with Crippen LogP contribution in [0.25, 0.3) is 0 Å². The predicted octanol–water partition coefficient (Wildman–Crippen LogP) is 1.09. The highest BCUT2D eigenvalue weighted by atomic mass is 32.2. The lowest BCUT2D eigenvalue weighted by molar-refractivity contribution is 0.679. The molecule has 0 aliphatic heterocycles. The second-order valence-corrected chi connectivity index (χ2v) is 5.31. The molecule has 1 rings (SSSR count). The molecule has 2 atom stereocenters. The van der Waals surface area contributed by atoms with Crippen LogP contribution in [0.4, 0.5) is 11.6 Å². The first kappa shape index (κ1) is 12.9. The number of aromatic nitrogens is 2. The van der Waals surface area contributed by atoms with Gasteiger partial charge in [0.1, 0.15) is 11.6 Å².